The number of rotatable bonds is 3. The number of hydrogen-bond donors (Lipinski definition) is 1. The lowest BCUT2D eigenvalue weighted by atomic mass is 10.2. The summed E-state index contributed by atoms with van der Waals surface area (Å²) >= 11 is 3.42. The molecule has 1 heterocycles. The van der Waals surface area contributed by atoms with Gasteiger partial charge in [-0.25, -0.2) is 9.78 Å². The van der Waals surface area contributed by atoms with E-state index in [1.807, 2.05) is 30.3 Å². The van der Waals surface area contributed by atoms with Gasteiger partial charge in [-0.1, -0.05) is 24.1 Å². The molecule has 0 radical (unpaired) electrons. The molecule has 0 aliphatic carbocycles. The van der Waals surface area contributed by atoms with Crippen molar-refractivity contribution in [1.29, 1.82) is 0 Å². The number of carbonyl (C=O) groups is 2. The Morgan fingerprint density at radius 2 is 1.79 bits per heavy atom. The molecule has 0 unspecified atom stereocenters. The van der Waals surface area contributed by atoms with Crippen molar-refractivity contribution >= 4 is 33.7 Å². The van der Waals surface area contributed by atoms with Crippen molar-refractivity contribution in [3.63, 3.8) is 0 Å². The summed E-state index contributed by atoms with van der Waals surface area (Å²) in [4.78, 5) is 30.3. The third-order valence-corrected chi connectivity index (χ3v) is 4.48. The summed E-state index contributed by atoms with van der Waals surface area (Å²) in [6.07, 6.45) is -0.571. The molecule has 0 fully saturated rings. The minimum absolute atomic E-state index is 0.347. The van der Waals surface area contributed by atoms with Gasteiger partial charge in [-0.2, -0.15) is 0 Å². The first-order chi connectivity index (χ1) is 13.6. The van der Waals surface area contributed by atoms with Crippen LogP contribution in [0.1, 0.15) is 39.0 Å². The zero-order chi connectivity index (χ0) is 21.6. The van der Waals surface area contributed by atoms with E-state index in [1.165, 1.54) is 11.9 Å². The van der Waals surface area contributed by atoms with E-state index in [-0.39, 0.29) is 5.91 Å². The summed E-state index contributed by atoms with van der Waals surface area (Å²) in [5, 5.41) is 2.72. The Kier molecular flexibility index (Phi) is 7.40. The fraction of sp³-hybridized carbons (Fsp3) is 0.318. The number of aromatic nitrogens is 1. The Bertz CT molecular complexity index is 943. The molecule has 0 saturated carbocycles. The normalized spacial score (nSPS) is 11.7. The lowest BCUT2D eigenvalue weighted by Crippen LogP contribution is -2.45. The van der Waals surface area contributed by atoms with E-state index in [0.29, 0.717) is 11.5 Å². The number of hydrogen-bond acceptors (Lipinski definition) is 4. The zero-order valence-electron chi connectivity index (χ0n) is 17.1. The van der Waals surface area contributed by atoms with Crippen LogP contribution in [-0.4, -0.2) is 40.6 Å². The summed E-state index contributed by atoms with van der Waals surface area (Å²) in [7, 11) is 1.52. The zero-order valence-corrected chi connectivity index (χ0v) is 18.7. The van der Waals surface area contributed by atoms with Gasteiger partial charge < -0.3 is 10.1 Å². The number of nitrogens with zero attached hydrogens (tertiary/aromatic N) is 2. The lowest BCUT2D eigenvalue weighted by Gasteiger charge is -2.28. The largest absolute Gasteiger partial charge is 0.444 e. The second kappa shape index (κ2) is 9.57. The highest BCUT2D eigenvalue weighted by atomic mass is 79.9. The van der Waals surface area contributed by atoms with Gasteiger partial charge in [-0.05, 0) is 73.8 Å². The highest BCUT2D eigenvalue weighted by Crippen LogP contribution is 2.18. The minimum Gasteiger partial charge on any atom is -0.444 e. The van der Waals surface area contributed by atoms with Gasteiger partial charge in [0, 0.05) is 12.6 Å². The second-order valence-corrected chi connectivity index (χ2v) is 8.25. The molecule has 2 amide bonds. The molecular formula is C22H24BrN3O3. The molecule has 0 spiro atoms. The maximum atomic E-state index is 12.6. The van der Waals surface area contributed by atoms with Crippen molar-refractivity contribution in [2.24, 2.45) is 0 Å². The number of benzene rings is 1. The molecule has 1 aromatic carbocycles. The van der Waals surface area contributed by atoms with Crippen LogP contribution in [0, 0.1) is 11.8 Å². The van der Waals surface area contributed by atoms with Gasteiger partial charge in [0.2, 0.25) is 5.91 Å². The fourth-order valence-electron chi connectivity index (χ4n) is 2.15. The molecule has 29 heavy (non-hydrogen) atoms. The predicted octanol–water partition coefficient (Wildman–Crippen LogP) is 4.44. The quantitative estimate of drug-likeness (QED) is 0.691. The van der Waals surface area contributed by atoms with Gasteiger partial charge in [0.05, 0.1) is 4.47 Å². The second-order valence-electron chi connectivity index (χ2n) is 7.40. The fourth-order valence-corrected chi connectivity index (χ4v) is 2.47. The summed E-state index contributed by atoms with van der Waals surface area (Å²) < 4.78 is 6.02. The number of halogens is 1. The summed E-state index contributed by atoms with van der Waals surface area (Å²) in [5.41, 5.74) is 0.726. The van der Waals surface area contributed by atoms with Crippen LogP contribution < -0.4 is 5.32 Å². The van der Waals surface area contributed by atoms with Crippen LogP contribution in [0.15, 0.2) is 46.9 Å². The van der Waals surface area contributed by atoms with Gasteiger partial charge >= 0.3 is 6.09 Å². The molecule has 1 aromatic heterocycles. The molecule has 0 aliphatic rings. The molecule has 7 heteroatoms. The van der Waals surface area contributed by atoms with Gasteiger partial charge in [-0.15, -0.1) is 0 Å². The van der Waals surface area contributed by atoms with Gasteiger partial charge in [0.1, 0.15) is 23.2 Å². The minimum atomic E-state index is -0.742. The third-order valence-electron chi connectivity index (χ3n) is 3.84. The highest BCUT2D eigenvalue weighted by Gasteiger charge is 2.27. The number of ether oxygens (including phenoxy) is 1. The van der Waals surface area contributed by atoms with Crippen molar-refractivity contribution in [1.82, 2.24) is 9.88 Å². The predicted molar refractivity (Wildman–Crippen MR) is 116 cm³/mol. The van der Waals surface area contributed by atoms with Crippen LogP contribution in [0.2, 0.25) is 0 Å². The molecule has 0 saturated heterocycles. The molecule has 6 nitrogen and oxygen atoms in total. The van der Waals surface area contributed by atoms with Crippen molar-refractivity contribution in [3.8, 4) is 11.8 Å². The standard InChI is InChI=1S/C22H24BrN3O3/c1-15(26(5)21(28)29-22(2,3)4)20(27)25-19-14-12-17(23)18(24-19)13-11-16-9-7-6-8-10-16/h6-10,12,14-15H,1-5H3,(H,24,25,27)/t15-/m1/s1. The Morgan fingerprint density at radius 3 is 2.41 bits per heavy atom. The molecule has 2 rings (SSSR count). The summed E-state index contributed by atoms with van der Waals surface area (Å²) in [6, 6.07) is 12.2. The summed E-state index contributed by atoms with van der Waals surface area (Å²) in [6.45, 7) is 6.93. The smallest absolute Gasteiger partial charge is 0.410 e. The summed E-state index contributed by atoms with van der Waals surface area (Å²) in [5.74, 6) is 6.00. The van der Waals surface area contributed by atoms with E-state index >= 15 is 0 Å². The van der Waals surface area contributed by atoms with Crippen molar-refractivity contribution in [3.05, 3.63) is 58.2 Å². The molecule has 2 aromatic rings. The first-order valence-electron chi connectivity index (χ1n) is 9.07. The number of amides is 2. The van der Waals surface area contributed by atoms with Crippen molar-refractivity contribution in [2.75, 3.05) is 12.4 Å². The lowest BCUT2D eigenvalue weighted by molar-refractivity contribution is -0.120. The third kappa shape index (κ3) is 6.91. The Balaban J connectivity index is 2.11. The van der Waals surface area contributed by atoms with Gasteiger partial charge in [-0.3, -0.25) is 9.69 Å². The molecule has 0 bridgehead atoms. The van der Waals surface area contributed by atoms with E-state index < -0.39 is 17.7 Å². The number of nitrogens with one attached hydrogen (secondary N) is 1. The molecule has 1 atom stereocenters. The van der Waals surface area contributed by atoms with Crippen molar-refractivity contribution in [2.45, 2.75) is 39.3 Å². The van der Waals surface area contributed by atoms with E-state index in [2.05, 4.69) is 38.1 Å². The molecular weight excluding hydrogens is 434 g/mol. The van der Waals surface area contributed by atoms with E-state index in [9.17, 15) is 9.59 Å². The number of likely N-dealkylation sites (N-methyl/N-ethyl adjacent to an activating group) is 1. The molecule has 1 N–H and O–H groups in total. The van der Waals surface area contributed by atoms with Gasteiger partial charge in [0.25, 0.3) is 0 Å². The Morgan fingerprint density at radius 1 is 1.14 bits per heavy atom. The average Bonchev–Trinajstić information content (AvgIpc) is 2.66. The maximum absolute atomic E-state index is 12.6. The number of carbonyl (C=O) groups excluding carboxylic acids is 2. The maximum Gasteiger partial charge on any atom is 0.410 e. The van der Waals surface area contributed by atoms with E-state index in [1.54, 1.807) is 39.8 Å². The average molecular weight is 458 g/mol. The monoisotopic (exact) mass is 457 g/mol. The van der Waals surface area contributed by atoms with Crippen LogP contribution in [0.3, 0.4) is 0 Å². The van der Waals surface area contributed by atoms with E-state index in [4.69, 9.17) is 4.74 Å². The SMILES string of the molecule is C[C@H](C(=O)Nc1ccc(Br)c(C#Cc2ccccc2)n1)N(C)C(=O)OC(C)(C)C. The van der Waals surface area contributed by atoms with Gasteiger partial charge in [0.15, 0.2) is 0 Å². The Hall–Kier alpha value is -2.85. The molecule has 152 valence electrons. The highest BCUT2D eigenvalue weighted by molar-refractivity contribution is 9.10. The number of anilines is 1. The molecule has 0 aliphatic heterocycles. The van der Waals surface area contributed by atoms with Crippen LogP contribution in [-0.2, 0) is 9.53 Å². The van der Waals surface area contributed by atoms with Crippen LogP contribution in [0.4, 0.5) is 10.6 Å². The van der Waals surface area contributed by atoms with Crippen molar-refractivity contribution < 1.29 is 14.3 Å². The van der Waals surface area contributed by atoms with Crippen LogP contribution in [0.5, 0.6) is 0 Å². The van der Waals surface area contributed by atoms with Crippen LogP contribution >= 0.6 is 15.9 Å². The topological polar surface area (TPSA) is 71.5 Å². The van der Waals surface area contributed by atoms with E-state index in [0.717, 1.165) is 10.0 Å². The number of pyridine rings is 1. The first-order valence-corrected chi connectivity index (χ1v) is 9.86. The Labute approximate surface area is 179 Å². The van der Waals surface area contributed by atoms with Crippen LogP contribution in [0.25, 0.3) is 0 Å². The first kappa shape index (κ1) is 22.4.